The Labute approximate surface area is 112 Å². The molecule has 0 fully saturated rings. The monoisotopic (exact) mass is 249 g/mol. The summed E-state index contributed by atoms with van der Waals surface area (Å²) in [5.41, 5.74) is 2.57. The van der Waals surface area contributed by atoms with Crippen molar-refractivity contribution < 1.29 is 0 Å². The van der Waals surface area contributed by atoms with Crippen LogP contribution in [0.25, 0.3) is 0 Å². The summed E-state index contributed by atoms with van der Waals surface area (Å²) in [6.45, 7) is 10.9. The third kappa shape index (κ3) is 4.30. The molecular weight excluding hydrogens is 222 g/mol. The van der Waals surface area contributed by atoms with Crippen LogP contribution in [0.15, 0.2) is 18.5 Å². The van der Waals surface area contributed by atoms with Crippen molar-refractivity contribution in [2.75, 3.05) is 18.5 Å². The molecule has 1 atom stereocenters. The molecule has 1 rings (SSSR count). The fraction of sp³-hybridized carbons (Fsp3) is 0.667. The number of pyridine rings is 1. The predicted octanol–water partition coefficient (Wildman–Crippen LogP) is 3.06. The number of aromatic nitrogens is 1. The van der Waals surface area contributed by atoms with E-state index >= 15 is 0 Å². The lowest BCUT2D eigenvalue weighted by atomic mass is 10.1. The first-order valence-corrected chi connectivity index (χ1v) is 6.92. The lowest BCUT2D eigenvalue weighted by molar-refractivity contribution is 0.550. The lowest BCUT2D eigenvalue weighted by Gasteiger charge is -2.28. The average Bonchev–Trinajstić information content (AvgIpc) is 2.37. The van der Waals surface area contributed by atoms with Crippen molar-refractivity contribution in [1.82, 2.24) is 10.3 Å². The summed E-state index contributed by atoms with van der Waals surface area (Å²) in [6, 6.07) is 2.66. The zero-order valence-electron chi connectivity index (χ0n) is 12.4. The van der Waals surface area contributed by atoms with Gasteiger partial charge in [0.1, 0.15) is 0 Å². The molecule has 0 saturated heterocycles. The minimum absolute atomic E-state index is 0.552. The van der Waals surface area contributed by atoms with Crippen molar-refractivity contribution in [2.24, 2.45) is 5.92 Å². The van der Waals surface area contributed by atoms with E-state index in [-0.39, 0.29) is 0 Å². The standard InChI is InChI=1S/C15H27N3/c1-6-13(4)18(5)15-7-8-16-10-14(15)11-17-9-12(2)3/h7-8,10,12-13,17H,6,9,11H2,1-5H3. The number of nitrogens with zero attached hydrogens (tertiary/aromatic N) is 2. The van der Waals surface area contributed by atoms with Gasteiger partial charge in [0.05, 0.1) is 0 Å². The highest BCUT2D eigenvalue weighted by molar-refractivity contribution is 5.52. The van der Waals surface area contributed by atoms with Crippen LogP contribution in [0.1, 0.15) is 39.7 Å². The summed E-state index contributed by atoms with van der Waals surface area (Å²) in [5.74, 6) is 0.678. The van der Waals surface area contributed by atoms with Gasteiger partial charge in [-0.3, -0.25) is 4.98 Å². The van der Waals surface area contributed by atoms with Gasteiger partial charge in [-0.25, -0.2) is 0 Å². The topological polar surface area (TPSA) is 28.2 Å². The maximum absolute atomic E-state index is 4.24. The van der Waals surface area contributed by atoms with Crippen LogP contribution in [0.2, 0.25) is 0 Å². The lowest BCUT2D eigenvalue weighted by Crippen LogP contribution is -2.30. The Hall–Kier alpha value is -1.09. The van der Waals surface area contributed by atoms with E-state index < -0.39 is 0 Å². The van der Waals surface area contributed by atoms with Gasteiger partial charge in [-0.05, 0) is 31.9 Å². The second-order valence-electron chi connectivity index (χ2n) is 5.40. The first-order chi connectivity index (χ1) is 8.56. The summed E-state index contributed by atoms with van der Waals surface area (Å²) in [6.07, 6.45) is 5.00. The van der Waals surface area contributed by atoms with Crippen LogP contribution in [0.5, 0.6) is 0 Å². The third-order valence-electron chi connectivity index (χ3n) is 3.38. The van der Waals surface area contributed by atoms with Crippen LogP contribution >= 0.6 is 0 Å². The van der Waals surface area contributed by atoms with Gasteiger partial charge in [0, 0.05) is 43.3 Å². The first kappa shape index (κ1) is 15.0. The van der Waals surface area contributed by atoms with Crippen molar-refractivity contribution in [3.8, 4) is 0 Å². The zero-order chi connectivity index (χ0) is 13.5. The van der Waals surface area contributed by atoms with Gasteiger partial charge < -0.3 is 10.2 Å². The van der Waals surface area contributed by atoms with Crippen LogP contribution in [0.4, 0.5) is 5.69 Å². The van der Waals surface area contributed by atoms with Crippen molar-refractivity contribution >= 4 is 5.69 Å². The van der Waals surface area contributed by atoms with Crippen LogP contribution in [-0.4, -0.2) is 24.6 Å². The molecule has 102 valence electrons. The second-order valence-corrected chi connectivity index (χ2v) is 5.40. The van der Waals surface area contributed by atoms with Crippen LogP contribution in [0, 0.1) is 5.92 Å². The van der Waals surface area contributed by atoms with Crippen LogP contribution < -0.4 is 10.2 Å². The summed E-state index contributed by atoms with van der Waals surface area (Å²) in [7, 11) is 2.16. The number of rotatable bonds is 7. The van der Waals surface area contributed by atoms with Gasteiger partial charge in [-0.15, -0.1) is 0 Å². The minimum Gasteiger partial charge on any atom is -0.372 e. The molecule has 0 aliphatic heterocycles. The van der Waals surface area contributed by atoms with E-state index in [9.17, 15) is 0 Å². The number of anilines is 1. The Morgan fingerprint density at radius 1 is 1.33 bits per heavy atom. The smallest absolute Gasteiger partial charge is 0.0442 e. The quantitative estimate of drug-likeness (QED) is 0.805. The number of hydrogen-bond donors (Lipinski definition) is 1. The second kappa shape index (κ2) is 7.37. The summed E-state index contributed by atoms with van der Waals surface area (Å²) >= 11 is 0. The Bertz CT molecular complexity index is 349. The van der Waals surface area contributed by atoms with E-state index in [0.29, 0.717) is 12.0 Å². The molecule has 0 aliphatic rings. The van der Waals surface area contributed by atoms with Crippen LogP contribution in [0.3, 0.4) is 0 Å². The van der Waals surface area contributed by atoms with E-state index in [4.69, 9.17) is 0 Å². The normalized spacial score (nSPS) is 12.8. The zero-order valence-corrected chi connectivity index (χ0v) is 12.4. The highest BCUT2D eigenvalue weighted by atomic mass is 15.1. The SMILES string of the molecule is CCC(C)N(C)c1ccncc1CNCC(C)C. The van der Waals surface area contributed by atoms with Crippen molar-refractivity contribution in [3.63, 3.8) is 0 Å². The molecule has 0 radical (unpaired) electrons. The van der Waals surface area contributed by atoms with E-state index in [1.54, 1.807) is 0 Å². The number of nitrogens with one attached hydrogen (secondary N) is 1. The predicted molar refractivity (Wildman–Crippen MR) is 78.9 cm³/mol. The Kier molecular flexibility index (Phi) is 6.13. The molecule has 0 spiro atoms. The van der Waals surface area contributed by atoms with Gasteiger partial charge in [0.25, 0.3) is 0 Å². The Balaban J connectivity index is 2.73. The highest BCUT2D eigenvalue weighted by Gasteiger charge is 2.11. The van der Waals surface area contributed by atoms with Gasteiger partial charge in [0.15, 0.2) is 0 Å². The molecule has 3 heteroatoms. The molecule has 1 unspecified atom stereocenters. The van der Waals surface area contributed by atoms with E-state index in [0.717, 1.165) is 19.5 Å². The molecular formula is C15H27N3. The summed E-state index contributed by atoms with van der Waals surface area (Å²) in [4.78, 5) is 6.59. The molecule has 18 heavy (non-hydrogen) atoms. The van der Waals surface area contributed by atoms with E-state index in [1.807, 2.05) is 12.4 Å². The third-order valence-corrected chi connectivity index (χ3v) is 3.38. The maximum atomic E-state index is 4.24. The fourth-order valence-corrected chi connectivity index (χ4v) is 1.91. The number of hydrogen-bond acceptors (Lipinski definition) is 3. The largest absolute Gasteiger partial charge is 0.372 e. The summed E-state index contributed by atoms with van der Waals surface area (Å²) < 4.78 is 0. The first-order valence-electron chi connectivity index (χ1n) is 6.92. The van der Waals surface area contributed by atoms with Gasteiger partial charge in [-0.2, -0.15) is 0 Å². The van der Waals surface area contributed by atoms with Crippen molar-refractivity contribution in [2.45, 2.75) is 46.7 Å². The van der Waals surface area contributed by atoms with Crippen molar-refractivity contribution in [1.29, 1.82) is 0 Å². The van der Waals surface area contributed by atoms with Crippen molar-refractivity contribution in [3.05, 3.63) is 24.0 Å². The summed E-state index contributed by atoms with van der Waals surface area (Å²) in [5, 5.41) is 3.49. The fourth-order valence-electron chi connectivity index (χ4n) is 1.91. The van der Waals surface area contributed by atoms with Gasteiger partial charge in [0.2, 0.25) is 0 Å². The molecule has 1 heterocycles. The Morgan fingerprint density at radius 3 is 2.67 bits per heavy atom. The maximum Gasteiger partial charge on any atom is 0.0442 e. The molecule has 1 aromatic rings. The van der Waals surface area contributed by atoms with Gasteiger partial charge in [-0.1, -0.05) is 20.8 Å². The molecule has 0 bridgehead atoms. The molecule has 1 N–H and O–H groups in total. The molecule has 3 nitrogen and oxygen atoms in total. The minimum atomic E-state index is 0.552. The molecule has 0 aliphatic carbocycles. The van der Waals surface area contributed by atoms with E-state index in [1.165, 1.54) is 11.3 Å². The van der Waals surface area contributed by atoms with Gasteiger partial charge >= 0.3 is 0 Å². The molecule has 0 aromatic carbocycles. The van der Waals surface area contributed by atoms with E-state index in [2.05, 4.69) is 56.0 Å². The highest BCUT2D eigenvalue weighted by Crippen LogP contribution is 2.20. The Morgan fingerprint density at radius 2 is 2.06 bits per heavy atom. The average molecular weight is 249 g/mol. The molecule has 0 amide bonds. The van der Waals surface area contributed by atoms with Crippen LogP contribution in [-0.2, 0) is 6.54 Å². The molecule has 0 saturated carbocycles. The molecule has 1 aromatic heterocycles.